The van der Waals surface area contributed by atoms with E-state index in [0.717, 1.165) is 33.9 Å². The van der Waals surface area contributed by atoms with Crippen molar-refractivity contribution in [2.75, 3.05) is 20.1 Å². The highest BCUT2D eigenvalue weighted by atomic mass is 79.9. The maximum Gasteiger partial charge on any atom is 0.210 e. The lowest BCUT2D eigenvalue weighted by Gasteiger charge is -2.11. The Morgan fingerprint density at radius 2 is 1.95 bits per heavy atom. The van der Waals surface area contributed by atoms with Gasteiger partial charge in [0.2, 0.25) is 5.16 Å². The van der Waals surface area contributed by atoms with Crippen molar-refractivity contribution in [3.8, 4) is 11.5 Å². The highest BCUT2D eigenvalue weighted by Gasteiger charge is 2.29. The van der Waals surface area contributed by atoms with Gasteiger partial charge in [-0.3, -0.25) is 0 Å². The summed E-state index contributed by atoms with van der Waals surface area (Å²) in [6, 6.07) is 3.85. The SMILES string of the molecule is COc1cc(Br)c(CSc2nnc(C3CC3)n2N)cc1OC. The number of aromatic nitrogens is 3. The summed E-state index contributed by atoms with van der Waals surface area (Å²) in [5.74, 6) is 9.54. The van der Waals surface area contributed by atoms with E-state index in [2.05, 4.69) is 26.1 Å². The van der Waals surface area contributed by atoms with E-state index in [1.807, 2.05) is 12.1 Å². The monoisotopic (exact) mass is 384 g/mol. The van der Waals surface area contributed by atoms with Gasteiger partial charge in [-0.2, -0.15) is 0 Å². The van der Waals surface area contributed by atoms with Crippen LogP contribution in [0.2, 0.25) is 0 Å². The number of nitrogens with zero attached hydrogens (tertiary/aromatic N) is 3. The first-order valence-corrected chi connectivity index (χ1v) is 8.65. The fourth-order valence-corrected chi connectivity index (χ4v) is 3.66. The van der Waals surface area contributed by atoms with Crippen LogP contribution in [0, 0.1) is 0 Å². The first-order valence-electron chi connectivity index (χ1n) is 6.87. The number of nitrogens with two attached hydrogens (primary N) is 1. The fourth-order valence-electron chi connectivity index (χ4n) is 2.16. The van der Waals surface area contributed by atoms with E-state index in [-0.39, 0.29) is 0 Å². The first-order chi connectivity index (χ1) is 10.6. The molecule has 0 unspecified atom stereocenters. The third-order valence-corrected chi connectivity index (χ3v) is 5.27. The van der Waals surface area contributed by atoms with Gasteiger partial charge < -0.3 is 15.3 Å². The van der Waals surface area contributed by atoms with Gasteiger partial charge in [-0.15, -0.1) is 10.2 Å². The van der Waals surface area contributed by atoms with Crippen molar-refractivity contribution >= 4 is 27.7 Å². The molecule has 0 spiro atoms. The van der Waals surface area contributed by atoms with Crippen LogP contribution in [-0.2, 0) is 5.75 Å². The molecule has 1 aromatic heterocycles. The third kappa shape index (κ3) is 3.03. The molecule has 118 valence electrons. The van der Waals surface area contributed by atoms with Crippen LogP contribution in [0.15, 0.2) is 21.8 Å². The largest absolute Gasteiger partial charge is 0.493 e. The lowest BCUT2D eigenvalue weighted by atomic mass is 10.2. The molecule has 0 aliphatic heterocycles. The van der Waals surface area contributed by atoms with Gasteiger partial charge in [-0.25, -0.2) is 4.68 Å². The molecule has 22 heavy (non-hydrogen) atoms. The standard InChI is InChI=1S/C14H17BrN4O2S/c1-20-11-5-9(10(15)6-12(11)21-2)7-22-14-18-17-13(19(14)16)8-3-4-8/h5-6,8H,3-4,7,16H2,1-2H3. The van der Waals surface area contributed by atoms with Gasteiger partial charge in [0, 0.05) is 16.1 Å². The second-order valence-electron chi connectivity index (χ2n) is 5.07. The Kier molecular flexibility index (Phi) is 4.49. The molecule has 0 amide bonds. The fraction of sp³-hybridized carbons (Fsp3) is 0.429. The minimum atomic E-state index is 0.486. The van der Waals surface area contributed by atoms with E-state index < -0.39 is 0 Å². The number of hydrogen-bond acceptors (Lipinski definition) is 6. The summed E-state index contributed by atoms with van der Waals surface area (Å²) in [4.78, 5) is 0. The van der Waals surface area contributed by atoms with E-state index in [1.54, 1.807) is 30.7 Å². The van der Waals surface area contributed by atoms with Crippen molar-refractivity contribution in [2.24, 2.45) is 0 Å². The number of benzene rings is 1. The van der Waals surface area contributed by atoms with Gasteiger partial charge in [0.05, 0.1) is 14.2 Å². The lowest BCUT2D eigenvalue weighted by Crippen LogP contribution is -2.13. The predicted molar refractivity (Wildman–Crippen MR) is 89.0 cm³/mol. The lowest BCUT2D eigenvalue weighted by molar-refractivity contribution is 0.354. The number of halogens is 1. The molecule has 2 aromatic rings. The Balaban J connectivity index is 1.76. The van der Waals surface area contributed by atoms with Crippen molar-refractivity contribution in [2.45, 2.75) is 29.7 Å². The Morgan fingerprint density at radius 1 is 1.27 bits per heavy atom. The Hall–Kier alpha value is -1.41. The number of hydrogen-bond donors (Lipinski definition) is 1. The van der Waals surface area contributed by atoms with Crippen molar-refractivity contribution in [1.82, 2.24) is 14.9 Å². The van der Waals surface area contributed by atoms with Gasteiger partial charge in [-0.1, -0.05) is 27.7 Å². The van der Waals surface area contributed by atoms with E-state index >= 15 is 0 Å². The summed E-state index contributed by atoms with van der Waals surface area (Å²) >= 11 is 5.11. The molecule has 0 saturated heterocycles. The topological polar surface area (TPSA) is 75.2 Å². The molecule has 3 rings (SSSR count). The molecular formula is C14H17BrN4O2S. The molecule has 2 N–H and O–H groups in total. The van der Waals surface area contributed by atoms with Gasteiger partial charge in [0.15, 0.2) is 17.3 Å². The first kappa shape index (κ1) is 15.5. The second kappa shape index (κ2) is 6.37. The zero-order valence-electron chi connectivity index (χ0n) is 12.4. The maximum absolute atomic E-state index is 6.06. The Bertz CT molecular complexity index is 688. The Morgan fingerprint density at radius 3 is 2.59 bits per heavy atom. The molecule has 0 radical (unpaired) electrons. The molecule has 1 aliphatic carbocycles. The second-order valence-corrected chi connectivity index (χ2v) is 6.87. The zero-order valence-corrected chi connectivity index (χ0v) is 14.8. The van der Waals surface area contributed by atoms with Crippen LogP contribution in [0.5, 0.6) is 11.5 Å². The molecular weight excluding hydrogens is 368 g/mol. The molecule has 6 nitrogen and oxygen atoms in total. The smallest absolute Gasteiger partial charge is 0.210 e. The molecule has 1 aromatic carbocycles. The van der Waals surface area contributed by atoms with Crippen LogP contribution in [0.4, 0.5) is 0 Å². The number of rotatable bonds is 6. The quantitative estimate of drug-likeness (QED) is 0.609. The van der Waals surface area contributed by atoms with E-state index in [1.165, 1.54) is 0 Å². The zero-order chi connectivity index (χ0) is 15.7. The number of nitrogen functional groups attached to an aromatic ring is 1. The van der Waals surface area contributed by atoms with Crippen LogP contribution in [-0.4, -0.2) is 29.1 Å². The van der Waals surface area contributed by atoms with Gasteiger partial charge in [0.25, 0.3) is 0 Å². The van der Waals surface area contributed by atoms with Gasteiger partial charge in [-0.05, 0) is 30.5 Å². The number of ether oxygens (including phenoxy) is 2. The highest BCUT2D eigenvalue weighted by Crippen LogP contribution is 2.40. The predicted octanol–water partition coefficient (Wildman–Crippen LogP) is 2.94. The summed E-state index contributed by atoms with van der Waals surface area (Å²) in [7, 11) is 3.25. The number of thioether (sulfide) groups is 1. The molecule has 1 aliphatic rings. The maximum atomic E-state index is 6.06. The molecule has 0 atom stereocenters. The van der Waals surface area contributed by atoms with Gasteiger partial charge >= 0.3 is 0 Å². The van der Waals surface area contributed by atoms with Crippen LogP contribution in [0.3, 0.4) is 0 Å². The highest BCUT2D eigenvalue weighted by molar-refractivity contribution is 9.10. The molecule has 0 bridgehead atoms. The van der Waals surface area contributed by atoms with E-state index in [9.17, 15) is 0 Å². The molecule has 1 fully saturated rings. The van der Waals surface area contributed by atoms with Crippen molar-refractivity contribution in [1.29, 1.82) is 0 Å². The van der Waals surface area contributed by atoms with Crippen LogP contribution < -0.4 is 15.3 Å². The van der Waals surface area contributed by atoms with Gasteiger partial charge in [0.1, 0.15) is 0 Å². The van der Waals surface area contributed by atoms with Crippen molar-refractivity contribution < 1.29 is 9.47 Å². The Labute approximate surface area is 141 Å². The number of methoxy groups -OCH3 is 2. The third-order valence-electron chi connectivity index (χ3n) is 3.54. The van der Waals surface area contributed by atoms with Crippen LogP contribution in [0.1, 0.15) is 30.1 Å². The summed E-state index contributed by atoms with van der Waals surface area (Å²) in [6.07, 6.45) is 2.31. The van der Waals surface area contributed by atoms with E-state index in [0.29, 0.717) is 23.2 Å². The summed E-state index contributed by atoms with van der Waals surface area (Å²) in [6.45, 7) is 0. The van der Waals surface area contributed by atoms with Crippen LogP contribution >= 0.6 is 27.7 Å². The molecule has 1 heterocycles. The van der Waals surface area contributed by atoms with Crippen molar-refractivity contribution in [3.05, 3.63) is 28.0 Å². The van der Waals surface area contributed by atoms with E-state index in [4.69, 9.17) is 15.3 Å². The summed E-state index contributed by atoms with van der Waals surface area (Å²) < 4.78 is 13.2. The minimum Gasteiger partial charge on any atom is -0.493 e. The minimum absolute atomic E-state index is 0.486. The molecule has 8 heteroatoms. The summed E-state index contributed by atoms with van der Waals surface area (Å²) in [5, 5.41) is 9.09. The molecule has 1 saturated carbocycles. The normalized spacial score (nSPS) is 14.1. The average molecular weight is 385 g/mol. The average Bonchev–Trinajstić information content (AvgIpc) is 3.30. The van der Waals surface area contributed by atoms with Crippen LogP contribution in [0.25, 0.3) is 0 Å². The van der Waals surface area contributed by atoms with Crippen molar-refractivity contribution in [3.63, 3.8) is 0 Å². The summed E-state index contributed by atoms with van der Waals surface area (Å²) in [5.41, 5.74) is 1.08.